The van der Waals surface area contributed by atoms with Gasteiger partial charge in [-0.25, -0.2) is 9.78 Å². The van der Waals surface area contributed by atoms with Gasteiger partial charge in [0.25, 0.3) is 0 Å². The molecule has 5 heteroatoms. The van der Waals surface area contributed by atoms with Gasteiger partial charge < -0.3 is 0 Å². The van der Waals surface area contributed by atoms with Crippen molar-refractivity contribution in [1.82, 2.24) is 10.3 Å². The van der Waals surface area contributed by atoms with Gasteiger partial charge in [-0.05, 0) is 18.2 Å². The Bertz CT molecular complexity index is 639. The van der Waals surface area contributed by atoms with E-state index in [-0.39, 0.29) is 5.91 Å². The fourth-order valence-electron chi connectivity index (χ4n) is 1.99. The summed E-state index contributed by atoms with van der Waals surface area (Å²) in [6.07, 6.45) is 0.306. The molecule has 0 aliphatic carbocycles. The molecular weight excluding hydrogens is 230 g/mol. The molecule has 1 aromatic heterocycles. The lowest BCUT2D eigenvalue weighted by atomic mass is 10.2. The molecule has 0 radical (unpaired) electrons. The number of para-hydroxylation sites is 1. The summed E-state index contributed by atoms with van der Waals surface area (Å²) < 4.78 is 0. The zero-order valence-electron chi connectivity index (χ0n) is 9.59. The van der Waals surface area contributed by atoms with Crippen LogP contribution in [-0.2, 0) is 4.79 Å². The number of pyridine rings is 1. The van der Waals surface area contributed by atoms with Gasteiger partial charge >= 0.3 is 6.03 Å². The number of benzene rings is 1. The van der Waals surface area contributed by atoms with Crippen LogP contribution in [0.1, 0.15) is 6.42 Å². The number of hydrogen-bond acceptors (Lipinski definition) is 3. The lowest BCUT2D eigenvalue weighted by Crippen LogP contribution is -2.49. The van der Waals surface area contributed by atoms with Crippen LogP contribution in [0.2, 0.25) is 0 Å². The normalized spacial score (nSPS) is 15.9. The highest BCUT2D eigenvalue weighted by molar-refractivity contribution is 6.05. The molecule has 1 aliphatic rings. The summed E-state index contributed by atoms with van der Waals surface area (Å²) in [6, 6.07) is 11.0. The third kappa shape index (κ3) is 1.79. The molecule has 0 atom stereocenters. The first-order valence-corrected chi connectivity index (χ1v) is 5.71. The number of carbonyl (C=O) groups excluding carboxylic acids is 2. The molecule has 3 rings (SSSR count). The minimum atomic E-state index is -0.408. The molecule has 0 unspecified atom stereocenters. The van der Waals surface area contributed by atoms with E-state index in [0.717, 1.165) is 10.9 Å². The van der Waals surface area contributed by atoms with Gasteiger partial charge in [0.2, 0.25) is 5.91 Å². The Morgan fingerprint density at radius 3 is 2.78 bits per heavy atom. The standard InChI is InChI=1S/C13H11N3O2/c17-12-7-8-16(13(18)15-12)11-6-5-9-3-1-2-4-10(9)14-11/h1-6H,7-8H2,(H,15,17,18). The molecule has 18 heavy (non-hydrogen) atoms. The van der Waals surface area contributed by atoms with E-state index >= 15 is 0 Å². The van der Waals surface area contributed by atoms with Gasteiger partial charge in [-0.2, -0.15) is 0 Å². The number of aromatic nitrogens is 1. The average Bonchev–Trinajstić information content (AvgIpc) is 2.38. The van der Waals surface area contributed by atoms with Crippen LogP contribution < -0.4 is 10.2 Å². The molecule has 2 aromatic rings. The second kappa shape index (κ2) is 4.10. The largest absolute Gasteiger partial charge is 0.329 e. The highest BCUT2D eigenvalue weighted by atomic mass is 16.2. The number of nitrogens with zero attached hydrogens (tertiary/aromatic N) is 2. The topological polar surface area (TPSA) is 62.3 Å². The van der Waals surface area contributed by atoms with Crippen molar-refractivity contribution in [2.75, 3.05) is 11.4 Å². The molecule has 5 nitrogen and oxygen atoms in total. The van der Waals surface area contributed by atoms with E-state index in [0.29, 0.717) is 18.8 Å². The van der Waals surface area contributed by atoms with Crippen LogP contribution in [0.4, 0.5) is 10.6 Å². The van der Waals surface area contributed by atoms with E-state index in [1.165, 1.54) is 4.90 Å². The highest BCUT2D eigenvalue weighted by Gasteiger charge is 2.24. The summed E-state index contributed by atoms with van der Waals surface area (Å²) in [4.78, 5) is 28.7. The van der Waals surface area contributed by atoms with Crippen molar-refractivity contribution in [2.24, 2.45) is 0 Å². The van der Waals surface area contributed by atoms with E-state index < -0.39 is 6.03 Å². The van der Waals surface area contributed by atoms with E-state index in [2.05, 4.69) is 10.3 Å². The number of imide groups is 1. The van der Waals surface area contributed by atoms with Gasteiger partial charge in [0, 0.05) is 18.4 Å². The van der Waals surface area contributed by atoms with E-state index in [4.69, 9.17) is 0 Å². The van der Waals surface area contributed by atoms with Crippen molar-refractivity contribution < 1.29 is 9.59 Å². The van der Waals surface area contributed by atoms with Crippen molar-refractivity contribution in [3.63, 3.8) is 0 Å². The van der Waals surface area contributed by atoms with Crippen LogP contribution in [-0.4, -0.2) is 23.5 Å². The summed E-state index contributed by atoms with van der Waals surface area (Å²) >= 11 is 0. The summed E-state index contributed by atoms with van der Waals surface area (Å²) in [7, 11) is 0. The number of hydrogen-bond donors (Lipinski definition) is 1. The molecule has 90 valence electrons. The predicted molar refractivity (Wildman–Crippen MR) is 67.2 cm³/mol. The van der Waals surface area contributed by atoms with Gasteiger partial charge in [-0.3, -0.25) is 15.0 Å². The quantitative estimate of drug-likeness (QED) is 0.826. The molecule has 1 N–H and O–H groups in total. The molecule has 3 amide bonds. The molecule has 1 saturated heterocycles. The monoisotopic (exact) mass is 241 g/mol. The summed E-state index contributed by atoms with van der Waals surface area (Å²) in [5.74, 6) is 0.329. The van der Waals surface area contributed by atoms with Gasteiger partial charge in [0.05, 0.1) is 5.52 Å². The smallest absolute Gasteiger partial charge is 0.278 e. The molecule has 1 aromatic carbocycles. The number of nitrogens with one attached hydrogen (secondary N) is 1. The highest BCUT2D eigenvalue weighted by Crippen LogP contribution is 2.19. The Hall–Kier alpha value is -2.43. The minimum Gasteiger partial charge on any atom is -0.278 e. The molecule has 1 fully saturated rings. The van der Waals surface area contributed by atoms with Gasteiger partial charge in [-0.1, -0.05) is 18.2 Å². The zero-order valence-corrected chi connectivity index (χ0v) is 9.59. The van der Waals surface area contributed by atoms with E-state index in [1.807, 2.05) is 30.3 Å². The Balaban J connectivity index is 1.99. The molecule has 1 aliphatic heterocycles. The first kappa shape index (κ1) is 10.7. The number of fused-ring (bicyclic) bond motifs is 1. The lowest BCUT2D eigenvalue weighted by Gasteiger charge is -2.25. The number of amides is 3. The Kier molecular flexibility index (Phi) is 2.44. The first-order valence-electron chi connectivity index (χ1n) is 5.71. The maximum Gasteiger partial charge on any atom is 0.329 e. The number of rotatable bonds is 1. The zero-order chi connectivity index (χ0) is 12.5. The summed E-state index contributed by atoms with van der Waals surface area (Å²) in [5.41, 5.74) is 0.833. The van der Waals surface area contributed by atoms with Crippen molar-refractivity contribution in [2.45, 2.75) is 6.42 Å². The summed E-state index contributed by atoms with van der Waals surface area (Å²) in [5, 5.41) is 3.31. The average molecular weight is 241 g/mol. The van der Waals surface area contributed by atoms with E-state index in [1.54, 1.807) is 6.07 Å². The summed E-state index contributed by atoms with van der Waals surface area (Å²) in [6.45, 7) is 0.371. The van der Waals surface area contributed by atoms with Crippen molar-refractivity contribution in [1.29, 1.82) is 0 Å². The minimum absolute atomic E-state index is 0.239. The second-order valence-corrected chi connectivity index (χ2v) is 4.12. The van der Waals surface area contributed by atoms with Crippen LogP contribution in [0.25, 0.3) is 10.9 Å². The molecular formula is C13H11N3O2. The number of urea groups is 1. The van der Waals surface area contributed by atoms with Gasteiger partial charge in [0.15, 0.2) is 0 Å². The molecule has 0 saturated carbocycles. The van der Waals surface area contributed by atoms with Gasteiger partial charge in [0.1, 0.15) is 5.82 Å². The molecule has 2 heterocycles. The van der Waals surface area contributed by atoms with Crippen molar-refractivity contribution >= 4 is 28.7 Å². The number of anilines is 1. The Labute approximate surface area is 103 Å². The fourth-order valence-corrected chi connectivity index (χ4v) is 1.99. The SMILES string of the molecule is O=C1CCN(c2ccc3ccccc3n2)C(=O)N1. The molecule has 0 spiro atoms. The Morgan fingerprint density at radius 2 is 1.94 bits per heavy atom. The lowest BCUT2D eigenvalue weighted by molar-refractivity contribution is -0.120. The molecule has 0 bridgehead atoms. The van der Waals surface area contributed by atoms with E-state index in [9.17, 15) is 9.59 Å². The second-order valence-electron chi connectivity index (χ2n) is 4.12. The predicted octanol–water partition coefficient (Wildman–Crippen LogP) is 1.68. The van der Waals surface area contributed by atoms with Crippen molar-refractivity contribution in [3.05, 3.63) is 36.4 Å². The van der Waals surface area contributed by atoms with Crippen LogP contribution >= 0.6 is 0 Å². The number of carbonyl (C=O) groups is 2. The van der Waals surface area contributed by atoms with Crippen molar-refractivity contribution in [3.8, 4) is 0 Å². The van der Waals surface area contributed by atoms with Crippen LogP contribution in [0.15, 0.2) is 36.4 Å². The third-order valence-electron chi connectivity index (χ3n) is 2.91. The maximum atomic E-state index is 11.7. The maximum absolute atomic E-state index is 11.7. The van der Waals surface area contributed by atoms with Gasteiger partial charge in [-0.15, -0.1) is 0 Å². The third-order valence-corrected chi connectivity index (χ3v) is 2.91. The van der Waals surface area contributed by atoms with Crippen LogP contribution in [0.5, 0.6) is 0 Å². The van der Waals surface area contributed by atoms with Crippen LogP contribution in [0, 0.1) is 0 Å². The fraction of sp³-hybridized carbons (Fsp3) is 0.154. The Morgan fingerprint density at radius 1 is 1.11 bits per heavy atom. The first-order chi connectivity index (χ1) is 8.74. The van der Waals surface area contributed by atoms with Crippen LogP contribution in [0.3, 0.4) is 0 Å².